The van der Waals surface area contributed by atoms with Gasteiger partial charge in [-0.3, -0.25) is 4.99 Å². The van der Waals surface area contributed by atoms with E-state index in [1.165, 1.54) is 11.1 Å². The predicted molar refractivity (Wildman–Crippen MR) is 117 cm³/mol. The van der Waals surface area contributed by atoms with E-state index in [4.69, 9.17) is 9.47 Å². The molecular formula is C23H39N3O2. The van der Waals surface area contributed by atoms with Crippen molar-refractivity contribution in [3.05, 3.63) is 35.4 Å². The first-order valence-electron chi connectivity index (χ1n) is 10.9. The largest absolute Gasteiger partial charge is 0.381 e. The maximum atomic E-state index is 5.80. The number of rotatable bonds is 11. The molecule has 0 saturated carbocycles. The van der Waals surface area contributed by atoms with E-state index in [-0.39, 0.29) is 0 Å². The summed E-state index contributed by atoms with van der Waals surface area (Å²) in [5, 5.41) is 6.76. The Bertz CT molecular complexity index is 551. The zero-order chi connectivity index (χ0) is 20.0. The van der Waals surface area contributed by atoms with Gasteiger partial charge in [0.15, 0.2) is 5.96 Å². The number of aryl methyl sites for hydroxylation is 1. The molecule has 1 aliphatic rings. The molecule has 1 heterocycles. The van der Waals surface area contributed by atoms with E-state index >= 15 is 0 Å². The van der Waals surface area contributed by atoms with Gasteiger partial charge >= 0.3 is 0 Å². The molecule has 2 N–H and O–H groups in total. The molecule has 1 aromatic carbocycles. The highest BCUT2D eigenvalue weighted by Crippen LogP contribution is 2.15. The molecule has 0 aromatic heterocycles. The Balaban J connectivity index is 1.49. The van der Waals surface area contributed by atoms with Crippen LogP contribution in [0.1, 0.15) is 56.6 Å². The Morgan fingerprint density at radius 1 is 1.11 bits per heavy atom. The molecule has 28 heavy (non-hydrogen) atoms. The summed E-state index contributed by atoms with van der Waals surface area (Å²) < 4.78 is 11.2. The number of aliphatic imine (C=N–C) groups is 1. The number of benzene rings is 1. The molecule has 0 atom stereocenters. The van der Waals surface area contributed by atoms with E-state index in [9.17, 15) is 0 Å². The Morgan fingerprint density at radius 3 is 2.43 bits per heavy atom. The highest BCUT2D eigenvalue weighted by atomic mass is 16.5. The van der Waals surface area contributed by atoms with E-state index in [2.05, 4.69) is 53.7 Å². The maximum Gasteiger partial charge on any atom is 0.190 e. The van der Waals surface area contributed by atoms with Crippen LogP contribution in [0.2, 0.25) is 0 Å². The third kappa shape index (κ3) is 9.07. The van der Waals surface area contributed by atoms with Crippen molar-refractivity contribution in [2.24, 2.45) is 10.9 Å². The molecule has 0 aliphatic carbocycles. The maximum absolute atomic E-state index is 5.80. The molecule has 0 amide bonds. The number of hydrogen-bond acceptors (Lipinski definition) is 3. The van der Waals surface area contributed by atoms with E-state index < -0.39 is 0 Å². The van der Waals surface area contributed by atoms with Crippen molar-refractivity contribution in [3.63, 3.8) is 0 Å². The Kier molecular flexibility index (Phi) is 11.0. The van der Waals surface area contributed by atoms with Gasteiger partial charge in [0, 0.05) is 46.6 Å². The Morgan fingerprint density at radius 2 is 1.79 bits per heavy atom. The summed E-state index contributed by atoms with van der Waals surface area (Å²) in [6, 6.07) is 9.00. The Labute approximate surface area is 171 Å². The van der Waals surface area contributed by atoms with Crippen LogP contribution in [0.25, 0.3) is 0 Å². The van der Waals surface area contributed by atoms with Crippen molar-refractivity contribution in [1.82, 2.24) is 10.6 Å². The van der Waals surface area contributed by atoms with Crippen molar-refractivity contribution >= 4 is 5.96 Å². The van der Waals surface area contributed by atoms with Crippen molar-refractivity contribution < 1.29 is 9.47 Å². The summed E-state index contributed by atoms with van der Waals surface area (Å²) in [5.74, 6) is 2.15. The number of nitrogens with zero attached hydrogens (tertiary/aromatic N) is 1. The van der Waals surface area contributed by atoms with Gasteiger partial charge < -0.3 is 20.1 Å². The first-order chi connectivity index (χ1) is 13.7. The SMILES string of the molecule is CN=C(NCCCOCC1CCOCC1)NCCCc1ccc(C(C)C)cc1. The van der Waals surface area contributed by atoms with Crippen molar-refractivity contribution in [2.45, 2.75) is 51.9 Å². The summed E-state index contributed by atoms with van der Waals surface area (Å²) in [5.41, 5.74) is 2.80. The van der Waals surface area contributed by atoms with Gasteiger partial charge in [0.2, 0.25) is 0 Å². The number of guanidine groups is 1. The molecule has 1 saturated heterocycles. The zero-order valence-electron chi connectivity index (χ0n) is 18.0. The van der Waals surface area contributed by atoms with Crippen LogP contribution < -0.4 is 10.6 Å². The fraction of sp³-hybridized carbons (Fsp3) is 0.696. The van der Waals surface area contributed by atoms with Crippen LogP contribution >= 0.6 is 0 Å². The van der Waals surface area contributed by atoms with Gasteiger partial charge in [-0.1, -0.05) is 38.1 Å². The third-order valence-corrected chi connectivity index (χ3v) is 5.26. The van der Waals surface area contributed by atoms with Gasteiger partial charge in [-0.05, 0) is 55.1 Å². The second-order valence-corrected chi connectivity index (χ2v) is 7.91. The van der Waals surface area contributed by atoms with Crippen molar-refractivity contribution in [1.29, 1.82) is 0 Å². The average Bonchev–Trinajstić information content (AvgIpc) is 2.73. The topological polar surface area (TPSA) is 54.9 Å². The van der Waals surface area contributed by atoms with Crippen LogP contribution in [0, 0.1) is 5.92 Å². The molecule has 0 spiro atoms. The minimum atomic E-state index is 0.595. The van der Waals surface area contributed by atoms with E-state index in [1.54, 1.807) is 0 Å². The van der Waals surface area contributed by atoms with Gasteiger partial charge in [-0.15, -0.1) is 0 Å². The van der Waals surface area contributed by atoms with Crippen molar-refractivity contribution in [2.75, 3.05) is 46.6 Å². The molecule has 0 unspecified atom stereocenters. The lowest BCUT2D eigenvalue weighted by Crippen LogP contribution is -2.38. The third-order valence-electron chi connectivity index (χ3n) is 5.26. The highest BCUT2D eigenvalue weighted by Gasteiger charge is 2.13. The van der Waals surface area contributed by atoms with Crippen molar-refractivity contribution in [3.8, 4) is 0 Å². The normalized spacial score (nSPS) is 15.8. The standard InChI is InChI=1S/C23H39N3O2/c1-19(2)22-9-7-20(8-10-22)6-4-13-25-23(24-3)26-14-5-15-28-18-21-11-16-27-17-12-21/h7-10,19,21H,4-6,11-18H2,1-3H3,(H2,24,25,26). The second-order valence-electron chi connectivity index (χ2n) is 7.91. The lowest BCUT2D eigenvalue weighted by molar-refractivity contribution is 0.0203. The van der Waals surface area contributed by atoms with Crippen LogP contribution in [-0.4, -0.2) is 52.5 Å². The molecule has 0 bridgehead atoms. The highest BCUT2D eigenvalue weighted by molar-refractivity contribution is 5.79. The monoisotopic (exact) mass is 389 g/mol. The van der Waals surface area contributed by atoms with E-state index in [0.29, 0.717) is 11.8 Å². The molecule has 5 heteroatoms. The zero-order valence-corrected chi connectivity index (χ0v) is 18.0. The van der Waals surface area contributed by atoms with Gasteiger partial charge in [-0.25, -0.2) is 0 Å². The first-order valence-corrected chi connectivity index (χ1v) is 10.9. The second kappa shape index (κ2) is 13.6. The van der Waals surface area contributed by atoms with Gasteiger partial charge in [0.05, 0.1) is 0 Å². The Hall–Kier alpha value is -1.59. The molecule has 1 fully saturated rings. The fourth-order valence-electron chi connectivity index (χ4n) is 3.33. The van der Waals surface area contributed by atoms with E-state index in [1.807, 2.05) is 7.05 Å². The van der Waals surface area contributed by atoms with Crippen LogP contribution in [0.15, 0.2) is 29.3 Å². The van der Waals surface area contributed by atoms with Crippen LogP contribution in [0.3, 0.4) is 0 Å². The molecule has 2 rings (SSSR count). The van der Waals surface area contributed by atoms with Gasteiger partial charge in [0.25, 0.3) is 0 Å². The molecule has 1 aromatic rings. The number of nitrogens with one attached hydrogen (secondary N) is 2. The molecule has 5 nitrogen and oxygen atoms in total. The number of ether oxygens (including phenoxy) is 2. The summed E-state index contributed by atoms with van der Waals surface area (Å²) in [6.45, 7) is 9.71. The quantitative estimate of drug-likeness (QED) is 0.344. The van der Waals surface area contributed by atoms with Gasteiger partial charge in [0.1, 0.15) is 0 Å². The molecule has 158 valence electrons. The summed E-state index contributed by atoms with van der Waals surface area (Å²) in [6.07, 6.45) is 5.44. The summed E-state index contributed by atoms with van der Waals surface area (Å²) in [7, 11) is 1.82. The minimum Gasteiger partial charge on any atom is -0.381 e. The lowest BCUT2D eigenvalue weighted by atomic mass is 10.0. The fourth-order valence-corrected chi connectivity index (χ4v) is 3.33. The first kappa shape index (κ1) is 22.7. The number of hydrogen-bond donors (Lipinski definition) is 2. The predicted octanol–water partition coefficient (Wildman–Crippen LogP) is 3.74. The lowest BCUT2D eigenvalue weighted by Gasteiger charge is -2.21. The van der Waals surface area contributed by atoms with Gasteiger partial charge in [-0.2, -0.15) is 0 Å². The smallest absolute Gasteiger partial charge is 0.190 e. The average molecular weight is 390 g/mol. The molecule has 0 radical (unpaired) electrons. The minimum absolute atomic E-state index is 0.595. The summed E-state index contributed by atoms with van der Waals surface area (Å²) in [4.78, 5) is 4.29. The van der Waals surface area contributed by atoms with Crippen LogP contribution in [0.4, 0.5) is 0 Å². The van der Waals surface area contributed by atoms with Crippen LogP contribution in [0.5, 0.6) is 0 Å². The molecule has 1 aliphatic heterocycles. The summed E-state index contributed by atoms with van der Waals surface area (Å²) >= 11 is 0. The van der Waals surface area contributed by atoms with E-state index in [0.717, 1.165) is 77.6 Å². The molecular weight excluding hydrogens is 350 g/mol. The van der Waals surface area contributed by atoms with Crippen LogP contribution in [-0.2, 0) is 15.9 Å².